The van der Waals surface area contributed by atoms with E-state index in [2.05, 4.69) is 0 Å². The highest BCUT2D eigenvalue weighted by molar-refractivity contribution is 5.83. The molecule has 18 nitrogen and oxygen atoms in total. The molecule has 0 radical (unpaired) electrons. The van der Waals surface area contributed by atoms with Gasteiger partial charge in [-0.2, -0.15) is 0 Å². The molecule has 18 heteroatoms. The molecule has 3 fully saturated rings. The SMILES string of the molecule is C/C(=C\C(=O)OCCCCCCCCC(=O)O[C@@H]([C@@H](C)[C@H](C)O)[C@@H](O)C[C@H]1CO[C@@H](C/C(C)=C/C(=O)OCCCCCCCCC(=O)O)[C@H](O)[C@@H]1O)C[C@@H]1OC[C@H](C[C@@H]2O[C@H]2[C@@H](C)[C@H](C)O)[C@@H](O)[C@H]1O. The fourth-order valence-corrected chi connectivity index (χ4v) is 9.26. The highest BCUT2D eigenvalue weighted by Crippen LogP contribution is 2.39. The fourth-order valence-electron chi connectivity index (χ4n) is 9.26. The van der Waals surface area contributed by atoms with Crippen molar-refractivity contribution in [3.63, 3.8) is 0 Å². The first-order valence-corrected chi connectivity index (χ1v) is 25.9. The molecule has 8 N–H and O–H groups in total. The highest BCUT2D eigenvalue weighted by Gasteiger charge is 2.48. The summed E-state index contributed by atoms with van der Waals surface area (Å²) in [6.07, 6.45) is 3.18. The van der Waals surface area contributed by atoms with Crippen LogP contribution in [0.1, 0.15) is 157 Å². The van der Waals surface area contributed by atoms with Crippen molar-refractivity contribution in [1.29, 1.82) is 0 Å². The molecule has 0 amide bonds. The molecule has 16 atom stereocenters. The second-order valence-corrected chi connectivity index (χ2v) is 20.4. The van der Waals surface area contributed by atoms with Gasteiger partial charge in [0.1, 0.15) is 18.3 Å². The van der Waals surface area contributed by atoms with Gasteiger partial charge in [-0.3, -0.25) is 9.59 Å². The van der Waals surface area contributed by atoms with Gasteiger partial charge in [0.15, 0.2) is 0 Å². The summed E-state index contributed by atoms with van der Waals surface area (Å²) in [4.78, 5) is 48.3. The van der Waals surface area contributed by atoms with E-state index in [1.807, 2.05) is 6.92 Å². The molecule has 0 saturated carbocycles. The predicted octanol–water partition coefficient (Wildman–Crippen LogP) is 4.62. The van der Waals surface area contributed by atoms with Gasteiger partial charge < -0.3 is 69.3 Å². The number of hydrogen-bond donors (Lipinski definition) is 8. The molecule has 3 rings (SSSR count). The Labute approximate surface area is 415 Å². The van der Waals surface area contributed by atoms with E-state index < -0.39 is 96.8 Å². The van der Waals surface area contributed by atoms with Crippen molar-refractivity contribution in [3.05, 3.63) is 23.3 Å². The summed E-state index contributed by atoms with van der Waals surface area (Å²) >= 11 is 0. The number of unbranched alkanes of at least 4 members (excludes halogenated alkanes) is 10. The lowest BCUT2D eigenvalue weighted by atomic mass is 9.83. The molecule has 0 unspecified atom stereocenters. The molecular formula is C52H88O18. The summed E-state index contributed by atoms with van der Waals surface area (Å²) in [6, 6.07) is 0. The van der Waals surface area contributed by atoms with Crippen LogP contribution in [0.5, 0.6) is 0 Å². The average Bonchev–Trinajstić information content (AvgIpc) is 4.07. The summed E-state index contributed by atoms with van der Waals surface area (Å²) in [7, 11) is 0. The van der Waals surface area contributed by atoms with E-state index in [0.29, 0.717) is 43.3 Å². The van der Waals surface area contributed by atoms with E-state index in [0.717, 1.165) is 51.4 Å². The Morgan fingerprint density at radius 2 is 1.06 bits per heavy atom. The van der Waals surface area contributed by atoms with Crippen molar-refractivity contribution in [2.45, 2.75) is 230 Å². The number of rotatable bonds is 34. The first-order chi connectivity index (χ1) is 33.2. The number of carboxylic acids is 1. The van der Waals surface area contributed by atoms with Gasteiger partial charge in [0, 0.05) is 48.7 Å². The second kappa shape index (κ2) is 32.2. The zero-order valence-electron chi connectivity index (χ0n) is 42.6. The maximum atomic E-state index is 12.9. The Bertz CT molecular complexity index is 1620. The third kappa shape index (κ3) is 22.4. The van der Waals surface area contributed by atoms with Gasteiger partial charge in [-0.25, -0.2) is 9.59 Å². The fraction of sp³-hybridized carbons (Fsp3) is 0.846. The lowest BCUT2D eigenvalue weighted by molar-refractivity contribution is -0.180. The van der Waals surface area contributed by atoms with Crippen LogP contribution >= 0.6 is 0 Å². The number of aliphatic hydroxyl groups excluding tert-OH is 7. The van der Waals surface area contributed by atoms with Gasteiger partial charge in [-0.15, -0.1) is 0 Å². The Kier molecular flexibility index (Phi) is 28.2. The number of esters is 3. The van der Waals surface area contributed by atoms with Crippen LogP contribution in [-0.2, 0) is 47.6 Å². The average molecular weight is 1000 g/mol. The van der Waals surface area contributed by atoms with Crippen molar-refractivity contribution in [3.8, 4) is 0 Å². The first kappa shape index (κ1) is 61.3. The second-order valence-electron chi connectivity index (χ2n) is 20.4. The highest BCUT2D eigenvalue weighted by atomic mass is 16.6. The number of aliphatic carboxylic acids is 1. The Hall–Kier alpha value is -3.04. The molecule has 3 saturated heterocycles. The topological polar surface area (TPSA) is 289 Å². The molecule has 404 valence electrons. The summed E-state index contributed by atoms with van der Waals surface area (Å²) < 4.78 is 33.9. The quantitative estimate of drug-likeness (QED) is 0.0143. The minimum Gasteiger partial charge on any atom is -0.481 e. The summed E-state index contributed by atoms with van der Waals surface area (Å²) in [5.41, 5.74) is 1.25. The number of carboxylic acid groups (broad SMARTS) is 1. The van der Waals surface area contributed by atoms with Crippen molar-refractivity contribution >= 4 is 23.9 Å². The minimum absolute atomic E-state index is 0.00246. The Morgan fingerprint density at radius 3 is 1.54 bits per heavy atom. The predicted molar refractivity (Wildman–Crippen MR) is 257 cm³/mol. The van der Waals surface area contributed by atoms with Crippen molar-refractivity contribution in [2.75, 3.05) is 26.4 Å². The van der Waals surface area contributed by atoms with Crippen molar-refractivity contribution < 1.29 is 88.5 Å². The van der Waals surface area contributed by atoms with Crippen LogP contribution in [0, 0.1) is 23.7 Å². The van der Waals surface area contributed by atoms with Gasteiger partial charge in [0.2, 0.25) is 0 Å². The molecule has 0 bridgehead atoms. The number of hydrogen-bond acceptors (Lipinski definition) is 17. The lowest BCUT2D eigenvalue weighted by Gasteiger charge is -2.40. The molecule has 0 spiro atoms. The number of ether oxygens (including phenoxy) is 6. The van der Waals surface area contributed by atoms with E-state index in [4.69, 9.17) is 33.5 Å². The smallest absolute Gasteiger partial charge is 0.330 e. The molecule has 0 aromatic carbocycles. The van der Waals surface area contributed by atoms with E-state index in [1.165, 1.54) is 19.1 Å². The maximum Gasteiger partial charge on any atom is 0.330 e. The molecule has 70 heavy (non-hydrogen) atoms. The molecule has 3 heterocycles. The van der Waals surface area contributed by atoms with Gasteiger partial charge in [0.05, 0.1) is 81.4 Å². The number of carbonyl (C=O) groups excluding carboxylic acids is 3. The molecule has 0 aliphatic carbocycles. The molecule has 3 aliphatic rings. The molecular weight excluding hydrogens is 913 g/mol. The monoisotopic (exact) mass is 1000 g/mol. The van der Waals surface area contributed by atoms with E-state index in [9.17, 15) is 54.9 Å². The van der Waals surface area contributed by atoms with Gasteiger partial charge in [-0.1, -0.05) is 76.4 Å². The van der Waals surface area contributed by atoms with Crippen LogP contribution in [0.15, 0.2) is 23.3 Å². The summed E-state index contributed by atoms with van der Waals surface area (Å²) in [5.74, 6) is -3.98. The summed E-state index contributed by atoms with van der Waals surface area (Å²) in [6.45, 7) is 11.0. The van der Waals surface area contributed by atoms with E-state index in [-0.39, 0.29) is 82.6 Å². The zero-order chi connectivity index (χ0) is 51.9. The van der Waals surface area contributed by atoms with Crippen molar-refractivity contribution in [2.24, 2.45) is 23.7 Å². The standard InChI is InChI=1S/C52H88O18/c1-31(25-45(59)65-21-17-13-9-7-11-15-19-43(56)57)23-40-49(63)47(61)37(29-67-40)27-39(55)51(33(3)35(5)53)70-44(58)20-16-12-8-10-14-18-22-66-46(60)26-32(2)24-41-50(64)48(62)38(30-68-41)28-42-52(69-42)34(4)36(6)54/h25-26,33-42,47-55,61-64H,7-24,27-30H2,1-6H3,(H,56,57)/b31-25+,32-26+/t33-,34-,35-,36-,37-,38-,39-,40-,41-,42-,47+,48+,49-,50-,51-,52-/m0/s1. The van der Waals surface area contributed by atoms with E-state index >= 15 is 0 Å². The minimum atomic E-state index is -1.32. The van der Waals surface area contributed by atoms with Gasteiger partial charge in [0.25, 0.3) is 0 Å². The molecule has 0 aromatic heterocycles. The van der Waals surface area contributed by atoms with Crippen LogP contribution in [-0.4, -0.2) is 164 Å². The Balaban J connectivity index is 1.28. The first-order valence-electron chi connectivity index (χ1n) is 25.9. The van der Waals surface area contributed by atoms with Crippen LogP contribution in [0.4, 0.5) is 0 Å². The third-order valence-electron chi connectivity index (χ3n) is 14.2. The number of epoxide rings is 1. The van der Waals surface area contributed by atoms with Crippen LogP contribution in [0.3, 0.4) is 0 Å². The van der Waals surface area contributed by atoms with Gasteiger partial charge in [-0.05, 0) is 79.1 Å². The molecule has 0 aromatic rings. The maximum absolute atomic E-state index is 12.9. The van der Waals surface area contributed by atoms with Crippen LogP contribution < -0.4 is 0 Å². The Morgan fingerprint density at radius 1 is 0.600 bits per heavy atom. The van der Waals surface area contributed by atoms with Crippen LogP contribution in [0.2, 0.25) is 0 Å². The third-order valence-corrected chi connectivity index (χ3v) is 14.2. The zero-order valence-corrected chi connectivity index (χ0v) is 42.6. The van der Waals surface area contributed by atoms with E-state index in [1.54, 1.807) is 27.7 Å². The molecule has 3 aliphatic heterocycles. The lowest BCUT2D eigenvalue weighted by Crippen LogP contribution is -2.52. The van der Waals surface area contributed by atoms with Gasteiger partial charge >= 0.3 is 23.9 Å². The number of carbonyl (C=O) groups is 4. The largest absolute Gasteiger partial charge is 0.481 e. The number of aliphatic hydroxyl groups is 7. The van der Waals surface area contributed by atoms with Crippen molar-refractivity contribution in [1.82, 2.24) is 0 Å². The normalized spacial score (nSPS) is 28.8. The summed E-state index contributed by atoms with van der Waals surface area (Å²) in [5, 5.41) is 83.7. The van der Waals surface area contributed by atoms with Crippen LogP contribution in [0.25, 0.3) is 0 Å².